The van der Waals surface area contributed by atoms with Gasteiger partial charge in [0, 0.05) is 19.7 Å². The Labute approximate surface area is 132 Å². The smallest absolute Gasteiger partial charge is 0.260 e. The molecular weight excluding hydrogens is 280 g/mol. The molecule has 0 unspecified atom stereocenters. The highest BCUT2D eigenvalue weighted by atomic mass is 16.5. The van der Waals surface area contributed by atoms with Gasteiger partial charge in [0.1, 0.15) is 5.75 Å². The molecule has 5 heteroatoms. The second kappa shape index (κ2) is 8.76. The number of likely N-dealkylation sites (tertiary alicyclic amines) is 1. The summed E-state index contributed by atoms with van der Waals surface area (Å²) in [4.78, 5) is 14.0. The van der Waals surface area contributed by atoms with E-state index in [0.29, 0.717) is 13.2 Å². The maximum atomic E-state index is 12.2. The number of hydrogen-bond donors (Lipinski definition) is 1. The fourth-order valence-corrected chi connectivity index (χ4v) is 2.55. The Hall–Kier alpha value is -1.59. The first-order chi connectivity index (χ1) is 10.7. The molecule has 1 amide bonds. The quantitative estimate of drug-likeness (QED) is 0.779. The average Bonchev–Trinajstić information content (AvgIpc) is 2.54. The molecule has 1 heterocycles. The number of nitrogens with two attached hydrogens (primary N) is 1. The summed E-state index contributed by atoms with van der Waals surface area (Å²) in [6.07, 6.45) is 2.93. The van der Waals surface area contributed by atoms with Crippen LogP contribution in [0.15, 0.2) is 24.3 Å². The molecule has 0 radical (unpaired) electrons. The number of piperidine rings is 1. The van der Waals surface area contributed by atoms with Crippen LogP contribution in [0.25, 0.3) is 0 Å². The molecule has 0 atom stereocenters. The van der Waals surface area contributed by atoms with Gasteiger partial charge in [-0.3, -0.25) is 4.79 Å². The highest BCUT2D eigenvalue weighted by Crippen LogP contribution is 2.15. The molecule has 22 heavy (non-hydrogen) atoms. The first-order valence-corrected chi connectivity index (χ1v) is 7.98. The molecular formula is C17H26N2O3. The van der Waals surface area contributed by atoms with E-state index in [2.05, 4.69) is 0 Å². The summed E-state index contributed by atoms with van der Waals surface area (Å²) in [5.74, 6) is 0.787. The summed E-state index contributed by atoms with van der Waals surface area (Å²) < 4.78 is 11.3. The van der Waals surface area contributed by atoms with Crippen LogP contribution in [0.2, 0.25) is 0 Å². The summed E-state index contributed by atoms with van der Waals surface area (Å²) in [6, 6.07) is 7.74. The zero-order valence-corrected chi connectivity index (χ0v) is 13.3. The van der Waals surface area contributed by atoms with E-state index in [1.54, 1.807) is 0 Å². The Morgan fingerprint density at radius 2 is 2.14 bits per heavy atom. The maximum absolute atomic E-state index is 12.2. The van der Waals surface area contributed by atoms with E-state index in [9.17, 15) is 4.79 Å². The van der Waals surface area contributed by atoms with Crippen LogP contribution in [0, 0.1) is 6.92 Å². The van der Waals surface area contributed by atoms with Gasteiger partial charge in [-0.05, 0) is 50.4 Å². The van der Waals surface area contributed by atoms with Crippen LogP contribution in [-0.4, -0.2) is 49.8 Å². The molecule has 1 saturated heterocycles. The van der Waals surface area contributed by atoms with E-state index >= 15 is 0 Å². The number of carbonyl (C=O) groups is 1. The van der Waals surface area contributed by atoms with Crippen molar-refractivity contribution in [3.8, 4) is 5.75 Å². The van der Waals surface area contributed by atoms with Gasteiger partial charge >= 0.3 is 0 Å². The van der Waals surface area contributed by atoms with Gasteiger partial charge in [0.15, 0.2) is 6.61 Å². The Morgan fingerprint density at radius 3 is 2.82 bits per heavy atom. The number of carbonyl (C=O) groups excluding carboxylic acids is 1. The van der Waals surface area contributed by atoms with Gasteiger partial charge in [0.2, 0.25) is 0 Å². The monoisotopic (exact) mass is 306 g/mol. The third kappa shape index (κ3) is 5.31. The number of aryl methyl sites for hydroxylation is 1. The van der Waals surface area contributed by atoms with Gasteiger partial charge in [-0.1, -0.05) is 12.1 Å². The van der Waals surface area contributed by atoms with Crippen molar-refractivity contribution in [3.63, 3.8) is 0 Å². The molecule has 0 bridgehead atoms. The summed E-state index contributed by atoms with van der Waals surface area (Å²) in [7, 11) is 0. The van der Waals surface area contributed by atoms with Crippen molar-refractivity contribution in [2.45, 2.75) is 32.3 Å². The molecule has 0 aliphatic carbocycles. The molecule has 1 aliphatic rings. The van der Waals surface area contributed by atoms with Gasteiger partial charge in [-0.25, -0.2) is 0 Å². The second-order valence-corrected chi connectivity index (χ2v) is 5.70. The van der Waals surface area contributed by atoms with E-state index in [4.69, 9.17) is 15.2 Å². The highest BCUT2D eigenvalue weighted by molar-refractivity contribution is 5.77. The van der Waals surface area contributed by atoms with E-state index in [0.717, 1.165) is 43.7 Å². The average molecular weight is 306 g/mol. The van der Waals surface area contributed by atoms with Gasteiger partial charge in [-0.2, -0.15) is 0 Å². The van der Waals surface area contributed by atoms with Crippen LogP contribution in [-0.2, 0) is 9.53 Å². The van der Waals surface area contributed by atoms with E-state index in [1.165, 1.54) is 0 Å². The molecule has 1 aromatic rings. The highest BCUT2D eigenvalue weighted by Gasteiger charge is 2.23. The van der Waals surface area contributed by atoms with Crippen LogP contribution in [0.4, 0.5) is 0 Å². The third-order valence-electron chi connectivity index (χ3n) is 3.85. The summed E-state index contributed by atoms with van der Waals surface area (Å²) >= 11 is 0. The maximum Gasteiger partial charge on any atom is 0.260 e. The van der Waals surface area contributed by atoms with Gasteiger partial charge in [0.05, 0.1) is 6.10 Å². The van der Waals surface area contributed by atoms with Crippen molar-refractivity contribution in [1.29, 1.82) is 0 Å². The number of ether oxygens (including phenoxy) is 2. The Balaban J connectivity index is 1.69. The van der Waals surface area contributed by atoms with Crippen molar-refractivity contribution in [2.75, 3.05) is 32.8 Å². The normalized spacial score (nSPS) is 15.8. The molecule has 2 rings (SSSR count). The van der Waals surface area contributed by atoms with E-state index in [1.807, 2.05) is 36.1 Å². The lowest BCUT2D eigenvalue weighted by molar-refractivity contribution is -0.136. The number of benzene rings is 1. The fraction of sp³-hybridized carbons (Fsp3) is 0.588. The van der Waals surface area contributed by atoms with E-state index < -0.39 is 0 Å². The molecule has 0 saturated carbocycles. The SMILES string of the molecule is Cc1cccc(OCC(=O)N2CCC(OCCCN)CC2)c1. The number of nitrogens with zero attached hydrogens (tertiary/aromatic N) is 1. The first kappa shape index (κ1) is 16.8. The lowest BCUT2D eigenvalue weighted by Crippen LogP contribution is -2.43. The second-order valence-electron chi connectivity index (χ2n) is 5.70. The molecule has 1 aromatic carbocycles. The van der Waals surface area contributed by atoms with Crippen molar-refractivity contribution < 1.29 is 14.3 Å². The van der Waals surface area contributed by atoms with Crippen molar-refractivity contribution in [2.24, 2.45) is 5.73 Å². The summed E-state index contributed by atoms with van der Waals surface area (Å²) in [5, 5.41) is 0. The minimum atomic E-state index is 0.0434. The number of hydrogen-bond acceptors (Lipinski definition) is 4. The van der Waals surface area contributed by atoms with Gasteiger partial charge in [-0.15, -0.1) is 0 Å². The van der Waals surface area contributed by atoms with Crippen molar-refractivity contribution in [3.05, 3.63) is 29.8 Å². The number of amides is 1. The molecule has 0 aromatic heterocycles. The third-order valence-corrected chi connectivity index (χ3v) is 3.85. The molecule has 5 nitrogen and oxygen atoms in total. The zero-order valence-electron chi connectivity index (χ0n) is 13.3. The Bertz CT molecular complexity index is 471. The fourth-order valence-electron chi connectivity index (χ4n) is 2.55. The Morgan fingerprint density at radius 1 is 1.36 bits per heavy atom. The topological polar surface area (TPSA) is 64.8 Å². The lowest BCUT2D eigenvalue weighted by atomic mass is 10.1. The van der Waals surface area contributed by atoms with Crippen molar-refractivity contribution in [1.82, 2.24) is 4.90 Å². The molecule has 2 N–H and O–H groups in total. The number of rotatable bonds is 7. The van der Waals surface area contributed by atoms with Gasteiger partial charge < -0.3 is 20.1 Å². The van der Waals surface area contributed by atoms with E-state index in [-0.39, 0.29) is 18.6 Å². The summed E-state index contributed by atoms with van der Waals surface area (Å²) in [6.45, 7) is 4.96. The lowest BCUT2D eigenvalue weighted by Gasteiger charge is -2.31. The standard InChI is InChI=1S/C17H26N2O3/c1-14-4-2-5-16(12-14)22-13-17(20)19-9-6-15(7-10-19)21-11-3-8-18/h2,4-5,12,15H,3,6-11,13,18H2,1H3. The first-order valence-electron chi connectivity index (χ1n) is 7.98. The van der Waals surface area contributed by atoms with Crippen LogP contribution >= 0.6 is 0 Å². The molecule has 1 fully saturated rings. The van der Waals surface area contributed by atoms with Crippen LogP contribution < -0.4 is 10.5 Å². The van der Waals surface area contributed by atoms with Crippen LogP contribution in [0.5, 0.6) is 5.75 Å². The largest absolute Gasteiger partial charge is 0.484 e. The van der Waals surface area contributed by atoms with Crippen LogP contribution in [0.1, 0.15) is 24.8 Å². The molecule has 1 aliphatic heterocycles. The van der Waals surface area contributed by atoms with Crippen LogP contribution in [0.3, 0.4) is 0 Å². The molecule has 0 spiro atoms. The molecule has 122 valence electrons. The predicted molar refractivity (Wildman–Crippen MR) is 85.9 cm³/mol. The zero-order chi connectivity index (χ0) is 15.8. The van der Waals surface area contributed by atoms with Crippen molar-refractivity contribution >= 4 is 5.91 Å². The Kier molecular flexibility index (Phi) is 6.68. The predicted octanol–water partition coefficient (Wildman–Crippen LogP) is 1.73. The minimum Gasteiger partial charge on any atom is -0.484 e. The van der Waals surface area contributed by atoms with Gasteiger partial charge in [0.25, 0.3) is 5.91 Å². The summed E-state index contributed by atoms with van der Waals surface area (Å²) in [5.41, 5.74) is 6.58. The minimum absolute atomic E-state index is 0.0434.